The molecule has 7 heteroatoms. The molecule has 0 spiro atoms. The van der Waals surface area contributed by atoms with E-state index in [2.05, 4.69) is 219 Å². The van der Waals surface area contributed by atoms with Gasteiger partial charge in [0.05, 0.1) is 11.0 Å². The van der Waals surface area contributed by atoms with Gasteiger partial charge in [-0.05, 0) is 101 Å². The van der Waals surface area contributed by atoms with Crippen molar-refractivity contribution < 1.29 is 8.83 Å². The molecular formula is C75H54N4O2S. The summed E-state index contributed by atoms with van der Waals surface area (Å²) in [6.07, 6.45) is 3.00. The highest BCUT2D eigenvalue weighted by Crippen LogP contribution is 2.44. The third-order valence-electron chi connectivity index (χ3n) is 15.1. The van der Waals surface area contributed by atoms with Gasteiger partial charge in [-0.25, -0.2) is 4.98 Å². The summed E-state index contributed by atoms with van der Waals surface area (Å²) >= 11 is 1.85. The average Bonchev–Trinajstić information content (AvgIpc) is 3.93. The van der Waals surface area contributed by atoms with Crippen LogP contribution in [0.4, 0.5) is 0 Å². The largest absolute Gasteiger partial charge is 0.456 e. The molecule has 82 heavy (non-hydrogen) atoms. The molecule has 6 nitrogen and oxygen atoms in total. The summed E-state index contributed by atoms with van der Waals surface area (Å²) in [6, 6.07) is 85.9. The van der Waals surface area contributed by atoms with Crippen molar-refractivity contribution in [1.29, 1.82) is 0 Å². The van der Waals surface area contributed by atoms with E-state index in [4.69, 9.17) is 23.8 Å². The molecule has 0 saturated carbocycles. The quantitative estimate of drug-likeness (QED) is 0.149. The first-order valence-corrected chi connectivity index (χ1v) is 28.7. The number of aromatic nitrogens is 4. The Balaban J connectivity index is 0.000000964. The highest BCUT2D eigenvalue weighted by Gasteiger charge is 2.23. The molecule has 5 heterocycles. The predicted octanol–water partition coefficient (Wildman–Crippen LogP) is 21.7. The second-order valence-electron chi connectivity index (χ2n) is 20.6. The Morgan fingerprint density at radius 1 is 0.402 bits per heavy atom. The molecule has 0 fully saturated rings. The van der Waals surface area contributed by atoms with Crippen molar-refractivity contribution in [3.63, 3.8) is 0 Å². The van der Waals surface area contributed by atoms with Gasteiger partial charge in [0.15, 0.2) is 11.6 Å². The number of rotatable bonds is 7. The van der Waals surface area contributed by atoms with E-state index in [1.807, 2.05) is 66.8 Å². The minimum absolute atomic E-state index is 0.507. The Labute approximate surface area is 478 Å². The fourth-order valence-electron chi connectivity index (χ4n) is 11.6. The number of allylic oxidation sites excluding steroid dienone is 1. The van der Waals surface area contributed by atoms with Crippen molar-refractivity contribution in [2.45, 2.75) is 27.2 Å². The van der Waals surface area contributed by atoms with Crippen LogP contribution in [0.1, 0.15) is 27.2 Å². The lowest BCUT2D eigenvalue weighted by Gasteiger charge is -2.14. The van der Waals surface area contributed by atoms with Gasteiger partial charge < -0.3 is 8.83 Å². The van der Waals surface area contributed by atoms with E-state index in [0.29, 0.717) is 17.6 Å². The molecule has 11 aromatic carbocycles. The van der Waals surface area contributed by atoms with Crippen LogP contribution >= 0.6 is 11.3 Å². The number of furan rings is 2. The Bertz CT molecular complexity index is 5100. The Hall–Kier alpha value is -10.2. The number of benzene rings is 11. The van der Waals surface area contributed by atoms with Crippen LogP contribution in [0.25, 0.3) is 159 Å². The first-order chi connectivity index (χ1) is 40.5. The highest BCUT2D eigenvalue weighted by molar-refractivity contribution is 7.25. The maximum absolute atomic E-state index is 6.62. The third kappa shape index (κ3) is 8.70. The van der Waals surface area contributed by atoms with Gasteiger partial charge in [-0.2, -0.15) is 9.97 Å². The van der Waals surface area contributed by atoms with E-state index in [-0.39, 0.29) is 0 Å². The van der Waals surface area contributed by atoms with Crippen LogP contribution in [0.3, 0.4) is 0 Å². The van der Waals surface area contributed by atoms with Crippen LogP contribution in [0.15, 0.2) is 264 Å². The zero-order valence-electron chi connectivity index (χ0n) is 45.6. The molecule has 392 valence electrons. The summed E-state index contributed by atoms with van der Waals surface area (Å²) in [5.41, 5.74) is 15.9. The molecule has 0 amide bonds. The SMILES string of the molecule is C=CC.CCC.c1ccc(-c2nc(-c3ccc4c(c3)oc3ccccc34)nc(-n3c4ccc(-c5cccc6c5oc5ccccc56)cc4c4cccc(-c5cccc(-c6cccc(-c7cccc8sc9ccccc9c78)c6)c5)c43)n2)cc1. The highest BCUT2D eigenvalue weighted by atomic mass is 32.1. The molecule has 0 N–H and O–H groups in total. The standard InChI is InChI=1S/C69H40N4O2S.C3H8.C3H6/c1-2-15-41(16-3-1)67-70-68(47-33-35-53-51-21-4-7-29-59(51)74-61(53)40-47)72-69(71-67)73-58-36-34-46(50-26-13-28-55-52-22-5-8-30-60(52)75-66(50)55)39-57(58)54-27-12-25-49(65(54)73)45-20-11-18-43(38-45)42-17-10-19-44(37-42)48-24-14-32-63-64(48)56-23-6-9-31-62(56)76-63;2*1-3-2/h1-40H;3H2,1-2H3;3H,1H2,2H3. The Kier molecular flexibility index (Phi) is 12.9. The summed E-state index contributed by atoms with van der Waals surface area (Å²) in [4.78, 5) is 16.0. The van der Waals surface area contributed by atoms with Crippen LogP contribution in [-0.4, -0.2) is 19.5 Å². The Morgan fingerprint density at radius 2 is 0.915 bits per heavy atom. The van der Waals surface area contributed by atoms with Gasteiger partial charge in [-0.15, -0.1) is 17.9 Å². The normalized spacial score (nSPS) is 11.5. The smallest absolute Gasteiger partial charge is 0.238 e. The van der Waals surface area contributed by atoms with Crippen molar-refractivity contribution in [2.75, 3.05) is 0 Å². The molecule has 0 radical (unpaired) electrons. The molecule has 16 rings (SSSR count). The van der Waals surface area contributed by atoms with Gasteiger partial charge in [-0.3, -0.25) is 4.57 Å². The van der Waals surface area contributed by atoms with E-state index in [0.717, 1.165) is 110 Å². The summed E-state index contributed by atoms with van der Waals surface area (Å²) < 4.78 is 17.9. The number of nitrogens with zero attached hydrogens (tertiary/aromatic N) is 4. The number of thiophene rings is 1. The molecule has 0 bridgehead atoms. The van der Waals surface area contributed by atoms with Gasteiger partial charge in [0.2, 0.25) is 5.95 Å². The first-order valence-electron chi connectivity index (χ1n) is 27.9. The second kappa shape index (κ2) is 21.1. The number of hydrogen-bond acceptors (Lipinski definition) is 6. The van der Waals surface area contributed by atoms with Gasteiger partial charge in [0.25, 0.3) is 0 Å². The summed E-state index contributed by atoms with van der Waals surface area (Å²) in [5.74, 6) is 1.62. The van der Waals surface area contributed by atoms with Gasteiger partial charge in [0.1, 0.15) is 22.3 Å². The number of hydrogen-bond donors (Lipinski definition) is 0. The zero-order valence-corrected chi connectivity index (χ0v) is 46.4. The maximum atomic E-state index is 6.62. The zero-order chi connectivity index (χ0) is 55.3. The molecule has 0 unspecified atom stereocenters. The van der Waals surface area contributed by atoms with Crippen molar-refractivity contribution >= 4 is 97.2 Å². The topological polar surface area (TPSA) is 69.9 Å². The number of fused-ring (bicyclic) bond motifs is 12. The molecule has 0 aliphatic carbocycles. The van der Waals surface area contributed by atoms with Crippen LogP contribution in [0, 0.1) is 0 Å². The molecular weight excluding hydrogens is 1020 g/mol. The van der Waals surface area contributed by atoms with Gasteiger partial charge >= 0.3 is 0 Å². The van der Waals surface area contributed by atoms with E-state index >= 15 is 0 Å². The molecule has 0 aliphatic heterocycles. The predicted molar refractivity (Wildman–Crippen MR) is 346 cm³/mol. The summed E-state index contributed by atoms with van der Waals surface area (Å²) in [6.45, 7) is 9.50. The second-order valence-corrected chi connectivity index (χ2v) is 21.6. The first kappa shape index (κ1) is 50.0. The van der Waals surface area contributed by atoms with Crippen molar-refractivity contribution in [2.24, 2.45) is 0 Å². The third-order valence-corrected chi connectivity index (χ3v) is 16.2. The fourth-order valence-corrected chi connectivity index (χ4v) is 12.7. The minimum atomic E-state index is 0.507. The molecule has 0 aliphatic rings. The van der Waals surface area contributed by atoms with Crippen LogP contribution in [-0.2, 0) is 0 Å². The van der Waals surface area contributed by atoms with Gasteiger partial charge in [-0.1, -0.05) is 208 Å². The lowest BCUT2D eigenvalue weighted by Crippen LogP contribution is -2.07. The van der Waals surface area contributed by atoms with Crippen molar-refractivity contribution in [3.05, 3.63) is 255 Å². The lowest BCUT2D eigenvalue weighted by molar-refractivity contribution is 0.669. The van der Waals surface area contributed by atoms with Crippen LogP contribution in [0.5, 0.6) is 0 Å². The molecule has 5 aromatic heterocycles. The van der Waals surface area contributed by atoms with Gasteiger partial charge in [0, 0.05) is 74.7 Å². The Morgan fingerprint density at radius 3 is 1.67 bits per heavy atom. The van der Waals surface area contributed by atoms with Crippen LogP contribution < -0.4 is 0 Å². The number of para-hydroxylation sites is 4. The molecule has 0 saturated heterocycles. The van der Waals surface area contributed by atoms with E-state index < -0.39 is 0 Å². The van der Waals surface area contributed by atoms with E-state index in [1.54, 1.807) is 6.08 Å². The average molecular weight is 1080 g/mol. The van der Waals surface area contributed by atoms with E-state index in [9.17, 15) is 0 Å². The van der Waals surface area contributed by atoms with E-state index in [1.165, 1.54) is 37.7 Å². The minimum Gasteiger partial charge on any atom is -0.456 e. The maximum Gasteiger partial charge on any atom is 0.238 e. The monoisotopic (exact) mass is 1070 g/mol. The molecule has 16 aromatic rings. The fraction of sp³-hybridized carbons (Fsp3) is 0.0533. The molecule has 0 atom stereocenters. The van der Waals surface area contributed by atoms with Crippen molar-refractivity contribution in [1.82, 2.24) is 19.5 Å². The summed E-state index contributed by atoms with van der Waals surface area (Å²) in [7, 11) is 0. The summed E-state index contributed by atoms with van der Waals surface area (Å²) in [5, 5.41) is 9.03. The lowest BCUT2D eigenvalue weighted by atomic mass is 9.94. The van der Waals surface area contributed by atoms with Crippen molar-refractivity contribution in [3.8, 4) is 73.2 Å². The van der Waals surface area contributed by atoms with Crippen LogP contribution in [0.2, 0.25) is 0 Å².